The molecule has 138 valence electrons. The minimum Gasteiger partial charge on any atom is -0.480 e. The van der Waals surface area contributed by atoms with Gasteiger partial charge in [0.1, 0.15) is 18.1 Å². The van der Waals surface area contributed by atoms with Crippen molar-refractivity contribution in [2.45, 2.75) is 63.3 Å². The van der Waals surface area contributed by atoms with E-state index in [0.717, 1.165) is 0 Å². The van der Waals surface area contributed by atoms with Gasteiger partial charge in [0, 0.05) is 6.54 Å². The first kappa shape index (κ1) is 20.3. The first-order chi connectivity index (χ1) is 11.3. The van der Waals surface area contributed by atoms with Crippen LogP contribution in [0.5, 0.6) is 0 Å². The molecule has 7 N–H and O–H groups in total. The van der Waals surface area contributed by atoms with Crippen molar-refractivity contribution in [1.29, 1.82) is 0 Å². The van der Waals surface area contributed by atoms with Gasteiger partial charge in [0.2, 0.25) is 11.8 Å². The Kier molecular flexibility index (Phi) is 8.09. The first-order valence-corrected chi connectivity index (χ1v) is 8.27. The van der Waals surface area contributed by atoms with E-state index >= 15 is 0 Å². The number of likely N-dealkylation sites (tertiary alicyclic amines) is 1. The summed E-state index contributed by atoms with van der Waals surface area (Å²) in [5.74, 6) is -2.12. The monoisotopic (exact) mass is 344 g/mol. The van der Waals surface area contributed by atoms with Crippen molar-refractivity contribution >= 4 is 17.8 Å². The molecule has 9 heteroatoms. The van der Waals surface area contributed by atoms with Crippen LogP contribution >= 0.6 is 0 Å². The predicted octanol–water partition coefficient (Wildman–Crippen LogP) is -1.62. The molecule has 1 fully saturated rings. The number of carboxylic acids is 1. The van der Waals surface area contributed by atoms with Gasteiger partial charge in [-0.3, -0.25) is 9.59 Å². The molecule has 2 amide bonds. The third kappa shape index (κ3) is 5.43. The highest BCUT2D eigenvalue weighted by atomic mass is 16.4. The Bertz CT molecular complexity index is 457. The van der Waals surface area contributed by atoms with E-state index in [4.69, 9.17) is 11.5 Å². The SMILES string of the molecule is C[C@@H](O)[C@H](N)C(=O)N1CCC[C@H]1C(=O)N[C@@H](CCCCN)C(=O)O. The Morgan fingerprint density at radius 1 is 1.33 bits per heavy atom. The van der Waals surface area contributed by atoms with E-state index in [2.05, 4.69) is 5.32 Å². The average Bonchev–Trinajstić information content (AvgIpc) is 3.01. The Hall–Kier alpha value is -1.71. The van der Waals surface area contributed by atoms with Crippen LogP contribution in [0.2, 0.25) is 0 Å². The van der Waals surface area contributed by atoms with Crippen LogP contribution in [0, 0.1) is 0 Å². The number of carbonyl (C=O) groups is 3. The van der Waals surface area contributed by atoms with Crippen molar-refractivity contribution in [1.82, 2.24) is 10.2 Å². The van der Waals surface area contributed by atoms with Gasteiger partial charge in [-0.25, -0.2) is 4.79 Å². The Labute approximate surface area is 141 Å². The molecule has 0 radical (unpaired) electrons. The number of hydrogen-bond acceptors (Lipinski definition) is 6. The lowest BCUT2D eigenvalue weighted by molar-refractivity contribution is -0.144. The molecule has 0 unspecified atom stereocenters. The molecule has 1 aliphatic rings. The summed E-state index contributed by atoms with van der Waals surface area (Å²) in [5.41, 5.74) is 11.0. The zero-order valence-corrected chi connectivity index (χ0v) is 14.0. The van der Waals surface area contributed by atoms with E-state index in [1.807, 2.05) is 0 Å². The second kappa shape index (κ2) is 9.55. The lowest BCUT2D eigenvalue weighted by Crippen LogP contribution is -2.55. The summed E-state index contributed by atoms with van der Waals surface area (Å²) in [7, 11) is 0. The Morgan fingerprint density at radius 3 is 2.54 bits per heavy atom. The molecule has 24 heavy (non-hydrogen) atoms. The van der Waals surface area contributed by atoms with Gasteiger partial charge in [0.05, 0.1) is 6.10 Å². The number of unbranched alkanes of at least 4 members (excludes halogenated alkanes) is 1. The van der Waals surface area contributed by atoms with Crippen molar-refractivity contribution in [3.63, 3.8) is 0 Å². The summed E-state index contributed by atoms with van der Waals surface area (Å²) in [6, 6.07) is -2.86. The van der Waals surface area contributed by atoms with Crippen molar-refractivity contribution in [3.8, 4) is 0 Å². The smallest absolute Gasteiger partial charge is 0.326 e. The molecule has 1 heterocycles. The summed E-state index contributed by atoms with van der Waals surface area (Å²) in [5, 5.41) is 21.2. The molecular weight excluding hydrogens is 316 g/mol. The minimum atomic E-state index is -1.11. The molecule has 4 atom stereocenters. The second-order valence-corrected chi connectivity index (χ2v) is 6.14. The van der Waals surface area contributed by atoms with Crippen LogP contribution in [0.4, 0.5) is 0 Å². The number of hydrogen-bond donors (Lipinski definition) is 5. The molecular formula is C15H28N4O5. The molecule has 9 nitrogen and oxygen atoms in total. The van der Waals surface area contributed by atoms with Crippen LogP contribution < -0.4 is 16.8 Å². The average molecular weight is 344 g/mol. The van der Waals surface area contributed by atoms with Crippen LogP contribution in [0.1, 0.15) is 39.0 Å². The maximum atomic E-state index is 12.4. The highest BCUT2D eigenvalue weighted by Gasteiger charge is 2.38. The fourth-order valence-corrected chi connectivity index (χ4v) is 2.72. The molecule has 1 saturated heterocycles. The van der Waals surface area contributed by atoms with Crippen LogP contribution in [-0.2, 0) is 14.4 Å². The normalized spacial score (nSPS) is 21.2. The van der Waals surface area contributed by atoms with Gasteiger partial charge in [-0.2, -0.15) is 0 Å². The predicted molar refractivity (Wildman–Crippen MR) is 86.9 cm³/mol. The highest BCUT2D eigenvalue weighted by Crippen LogP contribution is 2.19. The largest absolute Gasteiger partial charge is 0.480 e. The number of aliphatic carboxylic acids is 1. The number of amides is 2. The molecule has 1 rings (SSSR count). The fraction of sp³-hybridized carbons (Fsp3) is 0.800. The number of nitrogens with zero attached hydrogens (tertiary/aromatic N) is 1. The van der Waals surface area contributed by atoms with E-state index in [1.165, 1.54) is 11.8 Å². The summed E-state index contributed by atoms with van der Waals surface area (Å²) in [6.45, 7) is 2.23. The topological polar surface area (TPSA) is 159 Å². The lowest BCUT2D eigenvalue weighted by atomic mass is 10.1. The van der Waals surface area contributed by atoms with Gasteiger partial charge in [-0.15, -0.1) is 0 Å². The van der Waals surface area contributed by atoms with Crippen LogP contribution in [-0.4, -0.2) is 70.2 Å². The van der Waals surface area contributed by atoms with Crippen LogP contribution in [0.15, 0.2) is 0 Å². The first-order valence-electron chi connectivity index (χ1n) is 8.27. The summed E-state index contributed by atoms with van der Waals surface area (Å²) < 4.78 is 0. The van der Waals surface area contributed by atoms with Crippen molar-refractivity contribution in [2.24, 2.45) is 11.5 Å². The number of nitrogens with two attached hydrogens (primary N) is 2. The number of carboxylic acid groups (broad SMARTS) is 1. The molecule has 0 aromatic heterocycles. The van der Waals surface area contributed by atoms with Crippen LogP contribution in [0.3, 0.4) is 0 Å². The third-order valence-corrected chi connectivity index (χ3v) is 4.20. The third-order valence-electron chi connectivity index (χ3n) is 4.20. The number of aliphatic hydroxyl groups excluding tert-OH is 1. The molecule has 1 aliphatic heterocycles. The molecule has 0 aromatic carbocycles. The van der Waals surface area contributed by atoms with Gasteiger partial charge < -0.3 is 31.9 Å². The maximum Gasteiger partial charge on any atom is 0.326 e. The van der Waals surface area contributed by atoms with Gasteiger partial charge in [0.25, 0.3) is 0 Å². The van der Waals surface area contributed by atoms with Crippen molar-refractivity contribution in [2.75, 3.05) is 13.1 Å². The highest BCUT2D eigenvalue weighted by molar-refractivity contribution is 5.92. The number of carbonyl (C=O) groups excluding carboxylic acids is 2. The van der Waals surface area contributed by atoms with Crippen molar-refractivity contribution < 1.29 is 24.6 Å². The van der Waals surface area contributed by atoms with E-state index in [0.29, 0.717) is 38.8 Å². The Balaban J connectivity index is 2.70. The maximum absolute atomic E-state index is 12.4. The molecule has 0 bridgehead atoms. The number of rotatable bonds is 9. The summed E-state index contributed by atoms with van der Waals surface area (Å²) in [4.78, 5) is 37.3. The molecule has 0 aliphatic carbocycles. The lowest BCUT2D eigenvalue weighted by Gasteiger charge is -2.28. The summed E-state index contributed by atoms with van der Waals surface area (Å²) >= 11 is 0. The quantitative estimate of drug-likeness (QED) is 0.314. The minimum absolute atomic E-state index is 0.284. The van der Waals surface area contributed by atoms with E-state index < -0.39 is 42.0 Å². The van der Waals surface area contributed by atoms with Gasteiger partial charge in [-0.05, 0) is 45.6 Å². The molecule has 0 spiro atoms. The van der Waals surface area contributed by atoms with Gasteiger partial charge in [-0.1, -0.05) is 0 Å². The Morgan fingerprint density at radius 2 is 2.00 bits per heavy atom. The molecule has 0 saturated carbocycles. The number of aliphatic hydroxyl groups is 1. The van der Waals surface area contributed by atoms with E-state index in [1.54, 1.807) is 0 Å². The van der Waals surface area contributed by atoms with Gasteiger partial charge >= 0.3 is 5.97 Å². The van der Waals surface area contributed by atoms with Crippen molar-refractivity contribution in [3.05, 3.63) is 0 Å². The zero-order valence-electron chi connectivity index (χ0n) is 14.0. The fourth-order valence-electron chi connectivity index (χ4n) is 2.72. The zero-order chi connectivity index (χ0) is 18.3. The molecule has 0 aromatic rings. The van der Waals surface area contributed by atoms with Gasteiger partial charge in [0.15, 0.2) is 0 Å². The van der Waals surface area contributed by atoms with E-state index in [-0.39, 0.29) is 6.42 Å². The second-order valence-electron chi connectivity index (χ2n) is 6.14. The number of nitrogens with one attached hydrogen (secondary N) is 1. The van der Waals surface area contributed by atoms with Crippen LogP contribution in [0.25, 0.3) is 0 Å². The summed E-state index contributed by atoms with van der Waals surface area (Å²) in [6.07, 6.45) is 1.60. The van der Waals surface area contributed by atoms with E-state index in [9.17, 15) is 24.6 Å². The standard InChI is InChI=1S/C15H28N4O5/c1-9(20)12(17)14(22)19-8-4-6-11(19)13(21)18-10(15(23)24)5-2-3-7-16/h9-12,20H,2-8,16-17H2,1H3,(H,18,21)(H,23,24)/t9-,10+,11+,12+/m1/s1.